The summed E-state index contributed by atoms with van der Waals surface area (Å²) in [5.41, 5.74) is 0. The molecule has 0 unspecified atom stereocenters. The van der Waals surface area contributed by atoms with E-state index in [0.29, 0.717) is 26.2 Å². The largest absolute Gasteiger partial charge is 0.366 e. The summed E-state index contributed by atoms with van der Waals surface area (Å²) in [5, 5.41) is 11.0. The first kappa shape index (κ1) is 17.2. The minimum Gasteiger partial charge on any atom is -0.366 e. The van der Waals surface area contributed by atoms with E-state index < -0.39 is 0 Å². The van der Waals surface area contributed by atoms with Gasteiger partial charge in [-0.05, 0) is 25.3 Å². The second kappa shape index (κ2) is 7.94. The Morgan fingerprint density at radius 2 is 2.29 bits per heavy atom. The second-order valence-electron chi connectivity index (χ2n) is 6.89. The minimum atomic E-state index is -0.208. The van der Waals surface area contributed by atoms with Crippen LogP contribution in [-0.2, 0) is 11.8 Å². The van der Waals surface area contributed by atoms with Crippen LogP contribution in [0.2, 0.25) is 0 Å². The smallest absolute Gasteiger partial charge is 0.317 e. The summed E-state index contributed by atoms with van der Waals surface area (Å²) < 4.78 is 7.58. The topological polar surface area (TPSA) is 75.5 Å². The van der Waals surface area contributed by atoms with E-state index in [1.54, 1.807) is 6.33 Å². The maximum Gasteiger partial charge on any atom is 0.317 e. The average molecular weight is 336 g/mol. The fourth-order valence-corrected chi connectivity index (χ4v) is 3.50. The third-order valence-electron chi connectivity index (χ3n) is 4.83. The first-order valence-electron chi connectivity index (χ1n) is 8.84. The van der Waals surface area contributed by atoms with Crippen molar-refractivity contribution in [2.45, 2.75) is 25.9 Å². The van der Waals surface area contributed by atoms with Gasteiger partial charge >= 0.3 is 6.03 Å². The molecule has 0 aliphatic carbocycles. The predicted octanol–water partition coefficient (Wildman–Crippen LogP) is 0.630. The third-order valence-corrected chi connectivity index (χ3v) is 4.83. The van der Waals surface area contributed by atoms with Gasteiger partial charge in [0.15, 0.2) is 5.82 Å². The van der Waals surface area contributed by atoms with Gasteiger partial charge in [0.1, 0.15) is 12.4 Å². The van der Waals surface area contributed by atoms with Crippen molar-refractivity contribution in [1.29, 1.82) is 0 Å². The molecule has 0 bridgehead atoms. The van der Waals surface area contributed by atoms with Crippen molar-refractivity contribution < 1.29 is 9.53 Å². The summed E-state index contributed by atoms with van der Waals surface area (Å²) in [6.45, 7) is 7.85. The van der Waals surface area contributed by atoms with Crippen LogP contribution in [-0.4, -0.2) is 76.5 Å². The van der Waals surface area contributed by atoms with Gasteiger partial charge in [-0.3, -0.25) is 0 Å². The normalized spacial score (nSPS) is 25.7. The number of hydrogen-bond acceptors (Lipinski definition) is 5. The molecule has 0 radical (unpaired) electrons. The van der Waals surface area contributed by atoms with Gasteiger partial charge in [-0.25, -0.2) is 4.79 Å². The SMILES string of the molecule is C[C@H]1CCCN(CCNC(=O)N2CCO[C@H](c3nncn3C)C2)C1. The number of aromatic nitrogens is 3. The van der Waals surface area contributed by atoms with Gasteiger partial charge in [-0.2, -0.15) is 0 Å². The molecule has 2 atom stereocenters. The number of hydrogen-bond donors (Lipinski definition) is 1. The highest BCUT2D eigenvalue weighted by Gasteiger charge is 2.28. The highest BCUT2D eigenvalue weighted by Crippen LogP contribution is 2.19. The highest BCUT2D eigenvalue weighted by molar-refractivity contribution is 5.74. The zero-order valence-corrected chi connectivity index (χ0v) is 14.6. The molecular formula is C16H28N6O2. The van der Waals surface area contributed by atoms with Crippen LogP contribution in [0.3, 0.4) is 0 Å². The molecule has 2 saturated heterocycles. The van der Waals surface area contributed by atoms with E-state index in [2.05, 4.69) is 27.3 Å². The summed E-state index contributed by atoms with van der Waals surface area (Å²) in [5.74, 6) is 1.52. The number of nitrogens with one attached hydrogen (secondary N) is 1. The van der Waals surface area contributed by atoms with Crippen molar-refractivity contribution >= 4 is 6.03 Å². The molecule has 1 aromatic heterocycles. The van der Waals surface area contributed by atoms with E-state index in [4.69, 9.17) is 4.74 Å². The summed E-state index contributed by atoms with van der Waals surface area (Å²) in [7, 11) is 1.89. The molecule has 8 nitrogen and oxygen atoms in total. The number of nitrogens with zero attached hydrogens (tertiary/aromatic N) is 5. The Balaban J connectivity index is 1.44. The average Bonchev–Trinajstić information content (AvgIpc) is 3.01. The lowest BCUT2D eigenvalue weighted by Gasteiger charge is -2.33. The van der Waals surface area contributed by atoms with Gasteiger partial charge in [0.25, 0.3) is 0 Å². The molecule has 2 aliphatic heterocycles. The maximum atomic E-state index is 12.4. The first-order chi connectivity index (χ1) is 11.6. The standard InChI is InChI=1S/C16H28N6O2/c1-13-4-3-6-21(10-13)7-5-17-16(23)22-8-9-24-14(11-22)15-19-18-12-20(15)2/h12-14H,3-11H2,1-2H3,(H,17,23)/t13-,14-/m0/s1. The molecule has 1 aromatic rings. The number of amides is 2. The van der Waals surface area contributed by atoms with Crippen LogP contribution in [0, 0.1) is 5.92 Å². The van der Waals surface area contributed by atoms with Crippen molar-refractivity contribution in [3.63, 3.8) is 0 Å². The van der Waals surface area contributed by atoms with E-state index in [-0.39, 0.29) is 12.1 Å². The molecule has 8 heteroatoms. The lowest BCUT2D eigenvalue weighted by molar-refractivity contribution is -0.0214. The summed E-state index contributed by atoms with van der Waals surface area (Å²) in [6.07, 6.45) is 4.02. The number of urea groups is 1. The summed E-state index contributed by atoms with van der Waals surface area (Å²) >= 11 is 0. The van der Waals surface area contributed by atoms with Crippen LogP contribution >= 0.6 is 0 Å². The minimum absolute atomic E-state index is 0.0180. The zero-order valence-electron chi connectivity index (χ0n) is 14.6. The molecule has 0 saturated carbocycles. The lowest BCUT2D eigenvalue weighted by atomic mass is 10.0. The molecule has 2 fully saturated rings. The Bertz CT molecular complexity index is 548. The van der Waals surface area contributed by atoms with Crippen LogP contribution < -0.4 is 5.32 Å². The molecule has 0 aromatic carbocycles. The molecule has 2 aliphatic rings. The number of carbonyl (C=O) groups excluding carboxylic acids is 1. The van der Waals surface area contributed by atoms with Crippen LogP contribution in [0.5, 0.6) is 0 Å². The van der Waals surface area contributed by atoms with Gasteiger partial charge in [-0.15, -0.1) is 10.2 Å². The van der Waals surface area contributed by atoms with Crippen LogP contribution in [0.25, 0.3) is 0 Å². The van der Waals surface area contributed by atoms with E-state index in [1.165, 1.54) is 12.8 Å². The second-order valence-corrected chi connectivity index (χ2v) is 6.89. The Morgan fingerprint density at radius 3 is 3.04 bits per heavy atom. The quantitative estimate of drug-likeness (QED) is 0.873. The van der Waals surface area contributed by atoms with Crippen LogP contribution in [0.1, 0.15) is 31.7 Å². The molecule has 2 amide bonds. The third kappa shape index (κ3) is 4.24. The Morgan fingerprint density at radius 1 is 1.42 bits per heavy atom. The molecule has 134 valence electrons. The van der Waals surface area contributed by atoms with Crippen LogP contribution in [0.4, 0.5) is 4.79 Å². The lowest BCUT2D eigenvalue weighted by Crippen LogP contribution is -2.49. The zero-order chi connectivity index (χ0) is 16.9. The summed E-state index contributed by atoms with van der Waals surface area (Å²) in [4.78, 5) is 16.6. The number of carbonyl (C=O) groups is 1. The molecule has 3 heterocycles. The summed E-state index contributed by atoms with van der Waals surface area (Å²) in [6, 6.07) is -0.0180. The van der Waals surface area contributed by atoms with Crippen molar-refractivity contribution in [2.24, 2.45) is 13.0 Å². The molecule has 1 N–H and O–H groups in total. The molecular weight excluding hydrogens is 308 g/mol. The number of aryl methyl sites for hydroxylation is 1. The van der Waals surface area contributed by atoms with Crippen molar-refractivity contribution in [3.8, 4) is 0 Å². The van der Waals surface area contributed by atoms with E-state index in [9.17, 15) is 4.79 Å². The number of morpholine rings is 1. The van der Waals surface area contributed by atoms with Gasteiger partial charge in [-0.1, -0.05) is 6.92 Å². The van der Waals surface area contributed by atoms with E-state index in [0.717, 1.165) is 31.4 Å². The van der Waals surface area contributed by atoms with Gasteiger partial charge in [0, 0.05) is 33.2 Å². The molecule has 3 rings (SSSR count). The Labute approximate surface area is 143 Å². The molecule has 24 heavy (non-hydrogen) atoms. The first-order valence-corrected chi connectivity index (χ1v) is 8.84. The van der Waals surface area contributed by atoms with Gasteiger partial charge in [0.05, 0.1) is 13.2 Å². The van der Waals surface area contributed by atoms with Crippen LogP contribution in [0.15, 0.2) is 6.33 Å². The van der Waals surface area contributed by atoms with Gasteiger partial charge in [0.2, 0.25) is 0 Å². The van der Waals surface area contributed by atoms with Crippen molar-refractivity contribution in [2.75, 3.05) is 45.9 Å². The van der Waals surface area contributed by atoms with E-state index >= 15 is 0 Å². The molecule has 0 spiro atoms. The fraction of sp³-hybridized carbons (Fsp3) is 0.812. The number of rotatable bonds is 4. The fourth-order valence-electron chi connectivity index (χ4n) is 3.50. The van der Waals surface area contributed by atoms with Crippen molar-refractivity contribution in [3.05, 3.63) is 12.2 Å². The monoisotopic (exact) mass is 336 g/mol. The number of ether oxygens (including phenoxy) is 1. The predicted molar refractivity (Wildman–Crippen MR) is 89.5 cm³/mol. The maximum absolute atomic E-state index is 12.4. The number of piperidine rings is 1. The van der Waals surface area contributed by atoms with E-state index in [1.807, 2.05) is 16.5 Å². The van der Waals surface area contributed by atoms with Gasteiger partial charge < -0.3 is 24.4 Å². The number of likely N-dealkylation sites (tertiary alicyclic amines) is 1. The Hall–Kier alpha value is -1.67. The van der Waals surface area contributed by atoms with Crippen molar-refractivity contribution in [1.82, 2.24) is 29.9 Å². The Kier molecular flexibility index (Phi) is 5.68. The highest BCUT2D eigenvalue weighted by atomic mass is 16.5.